The van der Waals surface area contributed by atoms with Crippen molar-refractivity contribution >= 4 is 17.5 Å². The van der Waals surface area contributed by atoms with E-state index in [1.54, 1.807) is 19.2 Å². The molecule has 1 aromatic heterocycles. The summed E-state index contributed by atoms with van der Waals surface area (Å²) in [5.41, 5.74) is 0.455. The topological polar surface area (TPSA) is 67.8 Å². The van der Waals surface area contributed by atoms with Gasteiger partial charge in [-0.25, -0.2) is 14.3 Å². The largest absolute Gasteiger partial charge is 0.343 e. The van der Waals surface area contributed by atoms with Crippen LogP contribution in [0.5, 0.6) is 0 Å². The monoisotopic (exact) mass is 281 g/mol. The second kappa shape index (κ2) is 5.83. The minimum absolute atomic E-state index is 0.00735. The highest BCUT2D eigenvalue weighted by atomic mass is 32.2. The first-order chi connectivity index (χ1) is 9.06. The summed E-state index contributed by atoms with van der Waals surface area (Å²) in [6, 6.07) is 5.82. The van der Waals surface area contributed by atoms with Gasteiger partial charge in [-0.3, -0.25) is 9.36 Å². The first-order valence-corrected chi connectivity index (χ1v) is 6.55. The molecule has 0 saturated heterocycles. The summed E-state index contributed by atoms with van der Waals surface area (Å²) in [4.78, 5) is 22.9. The zero-order chi connectivity index (χ0) is 13.8. The van der Waals surface area contributed by atoms with Gasteiger partial charge in [0.1, 0.15) is 11.6 Å². The fraction of sp³-hybridized carbons (Fsp3) is 0.250. The second-order valence-electron chi connectivity index (χ2n) is 4.00. The third-order valence-corrected chi connectivity index (χ3v) is 3.61. The average molecular weight is 281 g/mol. The molecule has 5 nitrogen and oxygen atoms in total. The van der Waals surface area contributed by atoms with E-state index in [0.717, 1.165) is 5.56 Å². The van der Waals surface area contributed by atoms with Gasteiger partial charge in [0.05, 0.1) is 5.75 Å². The molecule has 2 rings (SSSR count). The number of ketones is 1. The maximum absolute atomic E-state index is 12.7. The Morgan fingerprint density at radius 1 is 1.42 bits per heavy atom. The van der Waals surface area contributed by atoms with Crippen LogP contribution in [0.2, 0.25) is 0 Å². The van der Waals surface area contributed by atoms with Crippen LogP contribution in [0.3, 0.4) is 0 Å². The Bertz CT molecular complexity index is 633. The number of hydrogen-bond acceptors (Lipinski definition) is 4. The maximum atomic E-state index is 12.7. The lowest BCUT2D eigenvalue weighted by Gasteiger charge is -2.01. The van der Waals surface area contributed by atoms with Gasteiger partial charge in [-0.15, -0.1) is 5.10 Å². The van der Waals surface area contributed by atoms with E-state index in [1.165, 1.54) is 28.5 Å². The van der Waals surface area contributed by atoms with Crippen LogP contribution < -0.4 is 5.69 Å². The van der Waals surface area contributed by atoms with E-state index < -0.39 is 0 Å². The molecule has 0 aliphatic carbocycles. The molecule has 1 heterocycles. The van der Waals surface area contributed by atoms with Gasteiger partial charge in [-0.1, -0.05) is 23.9 Å². The van der Waals surface area contributed by atoms with Crippen molar-refractivity contribution in [3.8, 4) is 0 Å². The smallest absolute Gasteiger partial charge is 0.298 e. The molecule has 7 heteroatoms. The summed E-state index contributed by atoms with van der Waals surface area (Å²) < 4.78 is 14.1. The highest BCUT2D eigenvalue weighted by Gasteiger charge is 2.09. The molecule has 100 valence electrons. The van der Waals surface area contributed by atoms with Crippen molar-refractivity contribution in [2.75, 3.05) is 5.75 Å². The quantitative estimate of drug-likeness (QED) is 0.835. The average Bonchev–Trinajstić information content (AvgIpc) is 2.70. The van der Waals surface area contributed by atoms with Gasteiger partial charge in [0, 0.05) is 13.5 Å². The Labute approximate surface area is 112 Å². The van der Waals surface area contributed by atoms with Crippen molar-refractivity contribution in [1.29, 1.82) is 0 Å². The molecular formula is C12H12FN3O2S. The van der Waals surface area contributed by atoms with Crippen molar-refractivity contribution in [3.05, 3.63) is 46.1 Å². The normalized spacial score (nSPS) is 10.6. The number of Topliss-reactive ketones (excluding diaryl/α,β-unsaturated/α-hetero) is 1. The van der Waals surface area contributed by atoms with Gasteiger partial charge in [0.25, 0.3) is 0 Å². The third-order valence-electron chi connectivity index (χ3n) is 2.52. The zero-order valence-electron chi connectivity index (χ0n) is 10.2. The van der Waals surface area contributed by atoms with Gasteiger partial charge in [-0.05, 0) is 17.7 Å². The van der Waals surface area contributed by atoms with Crippen molar-refractivity contribution in [2.24, 2.45) is 7.05 Å². The molecule has 0 spiro atoms. The standard InChI is InChI=1S/C12H12FN3O2S/c1-16-11(18)14-15-12(16)19-7-10(17)6-8-2-4-9(13)5-3-8/h2-5H,6-7H2,1H3,(H,14,18). The summed E-state index contributed by atoms with van der Waals surface area (Å²) >= 11 is 1.20. The third kappa shape index (κ3) is 3.54. The van der Waals surface area contributed by atoms with Crippen LogP contribution in [0, 0.1) is 5.82 Å². The number of nitrogens with one attached hydrogen (secondary N) is 1. The number of thioether (sulfide) groups is 1. The summed E-state index contributed by atoms with van der Waals surface area (Å²) in [5, 5.41) is 6.56. The number of nitrogens with zero attached hydrogens (tertiary/aromatic N) is 2. The lowest BCUT2D eigenvalue weighted by molar-refractivity contribution is -0.116. The molecule has 0 fully saturated rings. The van der Waals surface area contributed by atoms with Crippen LogP contribution in [-0.2, 0) is 18.3 Å². The molecule has 0 aliphatic heterocycles. The molecule has 0 saturated carbocycles. The van der Waals surface area contributed by atoms with Gasteiger partial charge in [0.15, 0.2) is 5.16 Å². The number of benzene rings is 1. The maximum Gasteiger partial charge on any atom is 0.343 e. The van der Waals surface area contributed by atoms with E-state index in [-0.39, 0.29) is 29.5 Å². The Morgan fingerprint density at radius 2 is 2.11 bits per heavy atom. The van der Waals surface area contributed by atoms with E-state index in [4.69, 9.17) is 0 Å². The zero-order valence-corrected chi connectivity index (χ0v) is 11.0. The van der Waals surface area contributed by atoms with Crippen LogP contribution in [0.25, 0.3) is 0 Å². The van der Waals surface area contributed by atoms with E-state index in [9.17, 15) is 14.0 Å². The van der Waals surface area contributed by atoms with Crippen LogP contribution in [0.1, 0.15) is 5.56 Å². The Hall–Kier alpha value is -1.89. The molecule has 0 atom stereocenters. The predicted molar refractivity (Wildman–Crippen MR) is 69.7 cm³/mol. The van der Waals surface area contributed by atoms with Gasteiger partial charge in [0.2, 0.25) is 0 Å². The molecule has 0 amide bonds. The SMILES string of the molecule is Cn1c(SCC(=O)Cc2ccc(F)cc2)n[nH]c1=O. The number of halogens is 1. The summed E-state index contributed by atoms with van der Waals surface area (Å²) in [6.07, 6.45) is 0.242. The molecule has 19 heavy (non-hydrogen) atoms. The van der Waals surface area contributed by atoms with E-state index in [1.807, 2.05) is 0 Å². The summed E-state index contributed by atoms with van der Waals surface area (Å²) in [7, 11) is 1.58. The minimum atomic E-state index is -0.322. The van der Waals surface area contributed by atoms with E-state index in [0.29, 0.717) is 5.16 Å². The highest BCUT2D eigenvalue weighted by molar-refractivity contribution is 7.99. The van der Waals surface area contributed by atoms with Crippen LogP contribution >= 0.6 is 11.8 Å². The molecule has 0 aliphatic rings. The van der Waals surface area contributed by atoms with E-state index in [2.05, 4.69) is 10.2 Å². The second-order valence-corrected chi connectivity index (χ2v) is 4.94. The minimum Gasteiger partial charge on any atom is -0.298 e. The van der Waals surface area contributed by atoms with E-state index >= 15 is 0 Å². The van der Waals surface area contributed by atoms with Crippen molar-refractivity contribution < 1.29 is 9.18 Å². The number of H-pyrrole nitrogens is 1. The van der Waals surface area contributed by atoms with Crippen molar-refractivity contribution in [3.63, 3.8) is 0 Å². The molecule has 0 unspecified atom stereocenters. The van der Waals surface area contributed by atoms with Gasteiger partial charge >= 0.3 is 5.69 Å². The number of carbonyl (C=O) groups excluding carboxylic acids is 1. The van der Waals surface area contributed by atoms with Crippen LogP contribution in [-0.4, -0.2) is 26.3 Å². The Kier molecular flexibility index (Phi) is 4.16. The summed E-state index contributed by atoms with van der Waals surface area (Å²) in [5.74, 6) is -0.112. The first kappa shape index (κ1) is 13.5. The van der Waals surface area contributed by atoms with Crippen molar-refractivity contribution in [2.45, 2.75) is 11.6 Å². The number of aromatic nitrogens is 3. The predicted octanol–water partition coefficient (Wildman–Crippen LogP) is 1.15. The van der Waals surface area contributed by atoms with Crippen molar-refractivity contribution in [1.82, 2.24) is 14.8 Å². The molecule has 2 aromatic rings. The van der Waals surface area contributed by atoms with Gasteiger partial charge < -0.3 is 0 Å². The molecule has 0 radical (unpaired) electrons. The molecular weight excluding hydrogens is 269 g/mol. The number of rotatable bonds is 5. The fourth-order valence-electron chi connectivity index (χ4n) is 1.49. The number of aromatic amines is 1. The van der Waals surface area contributed by atoms with Crippen LogP contribution in [0.15, 0.2) is 34.2 Å². The van der Waals surface area contributed by atoms with Gasteiger partial charge in [-0.2, -0.15) is 0 Å². The fourth-order valence-corrected chi connectivity index (χ4v) is 2.27. The highest BCUT2D eigenvalue weighted by Crippen LogP contribution is 2.13. The van der Waals surface area contributed by atoms with Crippen LogP contribution in [0.4, 0.5) is 4.39 Å². The number of hydrogen-bond donors (Lipinski definition) is 1. The Morgan fingerprint density at radius 3 is 2.68 bits per heavy atom. The first-order valence-electron chi connectivity index (χ1n) is 5.56. The molecule has 1 aromatic carbocycles. The summed E-state index contributed by atoms with van der Waals surface area (Å²) in [6.45, 7) is 0. The Balaban J connectivity index is 1.90. The number of carbonyl (C=O) groups is 1. The molecule has 0 bridgehead atoms. The lowest BCUT2D eigenvalue weighted by Crippen LogP contribution is -2.13. The lowest BCUT2D eigenvalue weighted by atomic mass is 10.1. The molecule has 1 N–H and O–H groups in total.